The van der Waals surface area contributed by atoms with Gasteiger partial charge < -0.3 is 4.74 Å². The number of hydrogen-bond donors (Lipinski definition) is 0. The van der Waals surface area contributed by atoms with Crippen LogP contribution >= 0.6 is 0 Å². The van der Waals surface area contributed by atoms with Crippen LogP contribution in [0.1, 0.15) is 6.42 Å². The van der Waals surface area contributed by atoms with E-state index in [-0.39, 0.29) is 23.8 Å². The number of rotatable bonds is 0. The molecule has 0 aromatic carbocycles. The third-order valence-corrected chi connectivity index (χ3v) is 4.54. The summed E-state index contributed by atoms with van der Waals surface area (Å²) >= 11 is 0. The first kappa shape index (κ1) is 7.21. The van der Waals surface area contributed by atoms with Gasteiger partial charge in [0, 0.05) is 0 Å². The summed E-state index contributed by atoms with van der Waals surface area (Å²) in [5.74, 6) is 1.24. The van der Waals surface area contributed by atoms with Gasteiger partial charge in [0.2, 0.25) is 0 Å². The Hall–Kier alpha value is -1.12. The van der Waals surface area contributed by atoms with Crippen LogP contribution in [0.3, 0.4) is 0 Å². The summed E-state index contributed by atoms with van der Waals surface area (Å²) < 4.78 is 4.70. The number of allylic oxidation sites excluding steroid dienone is 2. The molecule has 0 aromatic rings. The predicted molar refractivity (Wildman–Crippen MR) is 45.8 cm³/mol. The maximum absolute atomic E-state index is 11.4. The van der Waals surface area contributed by atoms with Gasteiger partial charge in [-0.05, 0) is 30.1 Å². The zero-order valence-electron chi connectivity index (χ0n) is 7.55. The second kappa shape index (κ2) is 1.95. The number of carbonyl (C=O) groups excluding carboxylic acids is 2. The monoisotopic (exact) mass is 190 g/mol. The molecule has 2 bridgehead atoms. The molecule has 3 aliphatic carbocycles. The minimum atomic E-state index is -0.262. The maximum Gasteiger partial charge on any atom is 0.317 e. The average Bonchev–Trinajstić information content (AvgIpc) is 2.64. The Morgan fingerprint density at radius 3 is 2.00 bits per heavy atom. The topological polar surface area (TPSA) is 43.4 Å². The molecule has 2 saturated carbocycles. The number of esters is 2. The number of cyclic esters (lactones) is 2. The van der Waals surface area contributed by atoms with Gasteiger partial charge in [0.1, 0.15) is 0 Å². The summed E-state index contributed by atoms with van der Waals surface area (Å²) in [4.78, 5) is 22.8. The first-order valence-corrected chi connectivity index (χ1v) is 5.21. The number of ether oxygens (including phenoxy) is 1. The molecule has 0 spiro atoms. The van der Waals surface area contributed by atoms with Crippen LogP contribution < -0.4 is 0 Å². The van der Waals surface area contributed by atoms with Gasteiger partial charge in [-0.25, -0.2) is 0 Å². The van der Waals surface area contributed by atoms with Crippen molar-refractivity contribution < 1.29 is 14.3 Å². The second-order valence-corrected chi connectivity index (χ2v) is 4.89. The fourth-order valence-electron chi connectivity index (χ4n) is 4.09. The first-order valence-electron chi connectivity index (χ1n) is 5.21. The van der Waals surface area contributed by atoms with E-state index in [4.69, 9.17) is 4.74 Å². The molecule has 0 aromatic heterocycles. The van der Waals surface area contributed by atoms with Crippen LogP contribution in [0.2, 0.25) is 0 Å². The second-order valence-electron chi connectivity index (χ2n) is 4.89. The highest BCUT2D eigenvalue weighted by Crippen LogP contribution is 2.65. The molecule has 6 atom stereocenters. The van der Waals surface area contributed by atoms with Crippen LogP contribution in [0, 0.1) is 35.5 Å². The third-order valence-electron chi connectivity index (χ3n) is 4.54. The highest BCUT2D eigenvalue weighted by atomic mass is 16.6. The van der Waals surface area contributed by atoms with Crippen LogP contribution in [-0.4, -0.2) is 11.9 Å². The molecule has 72 valence electrons. The smallest absolute Gasteiger partial charge is 0.317 e. The first-order chi connectivity index (χ1) is 6.77. The molecule has 1 heterocycles. The number of fused-ring (bicyclic) bond motifs is 8. The summed E-state index contributed by atoms with van der Waals surface area (Å²) in [7, 11) is 0. The molecule has 0 radical (unpaired) electrons. The Kier molecular flexibility index (Phi) is 1.00. The zero-order valence-corrected chi connectivity index (χ0v) is 7.55. The lowest BCUT2D eigenvalue weighted by molar-refractivity contribution is -0.153. The molecule has 0 unspecified atom stereocenters. The Balaban J connectivity index is 1.80. The van der Waals surface area contributed by atoms with Crippen LogP contribution in [0.15, 0.2) is 12.2 Å². The number of carbonyl (C=O) groups is 2. The van der Waals surface area contributed by atoms with Crippen molar-refractivity contribution in [2.75, 3.05) is 0 Å². The van der Waals surface area contributed by atoms with E-state index >= 15 is 0 Å². The Labute approximate surface area is 81.1 Å². The summed E-state index contributed by atoms with van der Waals surface area (Å²) in [5.41, 5.74) is 0. The molecular weight excluding hydrogens is 180 g/mol. The summed E-state index contributed by atoms with van der Waals surface area (Å²) in [5, 5.41) is 0. The third kappa shape index (κ3) is 0.552. The molecule has 1 aliphatic heterocycles. The highest BCUT2D eigenvalue weighted by Gasteiger charge is 2.70. The molecule has 0 N–H and O–H groups in total. The lowest BCUT2D eigenvalue weighted by Gasteiger charge is -2.45. The van der Waals surface area contributed by atoms with Crippen LogP contribution in [0.25, 0.3) is 0 Å². The largest absolute Gasteiger partial charge is 0.393 e. The quantitative estimate of drug-likeness (QED) is 0.321. The van der Waals surface area contributed by atoms with E-state index in [1.54, 1.807) is 0 Å². The van der Waals surface area contributed by atoms with Crippen LogP contribution in [0.4, 0.5) is 0 Å². The Morgan fingerprint density at radius 1 is 1.00 bits per heavy atom. The highest BCUT2D eigenvalue weighted by molar-refractivity contribution is 5.98. The summed E-state index contributed by atoms with van der Waals surface area (Å²) in [6.07, 6.45) is 5.60. The van der Waals surface area contributed by atoms with E-state index in [9.17, 15) is 9.59 Å². The zero-order chi connectivity index (χ0) is 9.45. The molecular formula is C11H10O3. The van der Waals surface area contributed by atoms with Gasteiger partial charge >= 0.3 is 11.9 Å². The average molecular weight is 190 g/mol. The summed E-state index contributed by atoms with van der Waals surface area (Å²) in [6.45, 7) is 0. The lowest BCUT2D eigenvalue weighted by Crippen LogP contribution is -2.50. The van der Waals surface area contributed by atoms with E-state index in [1.165, 1.54) is 0 Å². The van der Waals surface area contributed by atoms with Gasteiger partial charge in [-0.3, -0.25) is 9.59 Å². The molecule has 14 heavy (non-hydrogen) atoms. The van der Waals surface area contributed by atoms with Crippen molar-refractivity contribution in [1.82, 2.24) is 0 Å². The van der Waals surface area contributed by atoms with E-state index < -0.39 is 0 Å². The Bertz CT molecular complexity index is 350. The fraction of sp³-hybridized carbons (Fsp3) is 0.636. The van der Waals surface area contributed by atoms with Crippen LogP contribution in [-0.2, 0) is 14.3 Å². The molecule has 1 saturated heterocycles. The molecule has 3 nitrogen and oxygen atoms in total. The standard InChI is InChI=1S/C11H10O3/c12-10-8-6-4-1-2-5(3-4)7(6)9(8)11(13)14-10/h1-2,4-9H,3H2/t4-,5-,6-,7-,8-,9-/m1/s1. The molecule has 3 heteroatoms. The fourth-order valence-corrected chi connectivity index (χ4v) is 4.09. The predicted octanol–water partition coefficient (Wildman–Crippen LogP) is 0.754. The van der Waals surface area contributed by atoms with Gasteiger partial charge in [-0.15, -0.1) is 0 Å². The van der Waals surface area contributed by atoms with Crippen molar-refractivity contribution in [3.05, 3.63) is 12.2 Å². The van der Waals surface area contributed by atoms with Crippen molar-refractivity contribution in [1.29, 1.82) is 0 Å². The van der Waals surface area contributed by atoms with Gasteiger partial charge in [-0.1, -0.05) is 12.2 Å². The van der Waals surface area contributed by atoms with E-state index in [1.807, 2.05) is 0 Å². The van der Waals surface area contributed by atoms with Gasteiger partial charge in [0.05, 0.1) is 11.8 Å². The maximum atomic E-state index is 11.4. The Morgan fingerprint density at radius 2 is 1.50 bits per heavy atom. The van der Waals surface area contributed by atoms with Gasteiger partial charge in [-0.2, -0.15) is 0 Å². The number of hydrogen-bond acceptors (Lipinski definition) is 3. The summed E-state index contributed by atoms with van der Waals surface area (Å²) in [6, 6.07) is 0. The van der Waals surface area contributed by atoms with Crippen molar-refractivity contribution in [2.45, 2.75) is 6.42 Å². The molecule has 3 fully saturated rings. The van der Waals surface area contributed by atoms with Crippen molar-refractivity contribution >= 4 is 11.9 Å². The molecule has 4 rings (SSSR count). The molecule has 4 aliphatic rings. The van der Waals surface area contributed by atoms with Gasteiger partial charge in [0.15, 0.2) is 0 Å². The van der Waals surface area contributed by atoms with E-state index in [2.05, 4.69) is 12.2 Å². The van der Waals surface area contributed by atoms with Crippen molar-refractivity contribution in [2.24, 2.45) is 35.5 Å². The minimum absolute atomic E-state index is 0.0903. The van der Waals surface area contributed by atoms with E-state index in [0.29, 0.717) is 23.7 Å². The van der Waals surface area contributed by atoms with Crippen molar-refractivity contribution in [3.8, 4) is 0 Å². The van der Waals surface area contributed by atoms with E-state index in [0.717, 1.165) is 6.42 Å². The van der Waals surface area contributed by atoms with Crippen molar-refractivity contribution in [3.63, 3.8) is 0 Å². The SMILES string of the molecule is O=C1OC(=O)[C@H]2[C@H]1[C@H]1[C@H]2[C@@H]2C=C[C@@H]1C2. The van der Waals surface area contributed by atoms with Gasteiger partial charge in [0.25, 0.3) is 0 Å². The minimum Gasteiger partial charge on any atom is -0.393 e. The lowest BCUT2D eigenvalue weighted by atomic mass is 9.54. The normalized spacial score (nSPS) is 56.9. The molecule has 0 amide bonds. The van der Waals surface area contributed by atoms with Crippen LogP contribution in [0.5, 0.6) is 0 Å².